The fourth-order valence-electron chi connectivity index (χ4n) is 3.06. The first-order chi connectivity index (χ1) is 10.2. The summed E-state index contributed by atoms with van der Waals surface area (Å²) in [5, 5.41) is 0. The molecular formula is C14H20ClN5O. The molecule has 2 unspecified atom stereocenters. The molecule has 2 aromatic heterocycles. The van der Waals surface area contributed by atoms with Gasteiger partial charge in [0.15, 0.2) is 11.2 Å². The molecule has 21 heavy (non-hydrogen) atoms. The summed E-state index contributed by atoms with van der Waals surface area (Å²) < 4.78 is 7.46. The molecule has 1 aliphatic heterocycles. The van der Waals surface area contributed by atoms with E-state index in [4.69, 9.17) is 16.3 Å². The SMILES string of the molecule is COc1ncnc2c1nc(CCl)n2C1CCN(C)C(C)C1. The first kappa shape index (κ1) is 14.5. The van der Waals surface area contributed by atoms with Crippen LogP contribution in [-0.4, -0.2) is 51.2 Å². The highest BCUT2D eigenvalue weighted by Crippen LogP contribution is 2.32. The van der Waals surface area contributed by atoms with E-state index in [2.05, 4.69) is 38.4 Å². The van der Waals surface area contributed by atoms with Gasteiger partial charge in [-0.2, -0.15) is 4.98 Å². The average Bonchev–Trinajstić information content (AvgIpc) is 2.88. The lowest BCUT2D eigenvalue weighted by Crippen LogP contribution is -2.38. The van der Waals surface area contributed by atoms with E-state index in [1.165, 1.54) is 6.33 Å². The number of hydrogen-bond acceptors (Lipinski definition) is 5. The molecule has 6 nitrogen and oxygen atoms in total. The Morgan fingerprint density at radius 1 is 1.43 bits per heavy atom. The van der Waals surface area contributed by atoms with E-state index in [9.17, 15) is 0 Å². The Kier molecular flexibility index (Phi) is 3.99. The predicted molar refractivity (Wildman–Crippen MR) is 81.8 cm³/mol. The fraction of sp³-hybridized carbons (Fsp3) is 0.643. The van der Waals surface area contributed by atoms with Gasteiger partial charge in [-0.05, 0) is 26.8 Å². The zero-order valence-corrected chi connectivity index (χ0v) is 13.3. The highest BCUT2D eigenvalue weighted by atomic mass is 35.5. The van der Waals surface area contributed by atoms with E-state index in [0.717, 1.165) is 30.9 Å². The number of methoxy groups -OCH3 is 1. The van der Waals surface area contributed by atoms with Gasteiger partial charge in [0.25, 0.3) is 0 Å². The molecule has 2 aromatic rings. The van der Waals surface area contributed by atoms with Crippen molar-refractivity contribution in [2.24, 2.45) is 0 Å². The molecular weight excluding hydrogens is 290 g/mol. The van der Waals surface area contributed by atoms with E-state index < -0.39 is 0 Å². The number of ether oxygens (including phenoxy) is 1. The van der Waals surface area contributed by atoms with Gasteiger partial charge in [0.2, 0.25) is 5.88 Å². The number of hydrogen-bond donors (Lipinski definition) is 0. The van der Waals surface area contributed by atoms with Crippen LogP contribution in [0.4, 0.5) is 0 Å². The molecule has 0 N–H and O–H groups in total. The molecule has 3 heterocycles. The van der Waals surface area contributed by atoms with Gasteiger partial charge < -0.3 is 14.2 Å². The lowest BCUT2D eigenvalue weighted by molar-refractivity contribution is 0.157. The van der Waals surface area contributed by atoms with E-state index in [1.54, 1.807) is 7.11 Å². The Hall–Kier alpha value is -1.40. The monoisotopic (exact) mass is 309 g/mol. The standard InChI is InChI=1S/C14H20ClN5O/c1-9-6-10(4-5-19(9)2)20-11(7-15)18-12-13(20)16-8-17-14(12)21-3/h8-10H,4-7H2,1-3H3. The second-order valence-corrected chi connectivity index (χ2v) is 5.86. The van der Waals surface area contributed by atoms with Crippen LogP contribution in [-0.2, 0) is 5.88 Å². The summed E-state index contributed by atoms with van der Waals surface area (Å²) in [6.45, 7) is 3.32. The van der Waals surface area contributed by atoms with E-state index in [1.807, 2.05) is 0 Å². The Bertz CT molecular complexity index is 644. The molecule has 114 valence electrons. The van der Waals surface area contributed by atoms with Crippen LogP contribution >= 0.6 is 11.6 Å². The van der Waals surface area contributed by atoms with Gasteiger partial charge in [-0.15, -0.1) is 11.6 Å². The average molecular weight is 310 g/mol. The summed E-state index contributed by atoms with van der Waals surface area (Å²) in [5.41, 5.74) is 1.52. The molecule has 0 bridgehead atoms. The largest absolute Gasteiger partial charge is 0.479 e. The topological polar surface area (TPSA) is 56.1 Å². The molecule has 2 atom stereocenters. The third kappa shape index (κ3) is 2.46. The summed E-state index contributed by atoms with van der Waals surface area (Å²) in [5.74, 6) is 1.71. The molecule has 0 radical (unpaired) electrons. The van der Waals surface area contributed by atoms with Crippen molar-refractivity contribution in [2.75, 3.05) is 20.7 Å². The number of piperidine rings is 1. The zero-order chi connectivity index (χ0) is 15.0. The van der Waals surface area contributed by atoms with E-state index in [0.29, 0.717) is 29.4 Å². The minimum Gasteiger partial charge on any atom is -0.479 e. The number of fused-ring (bicyclic) bond motifs is 1. The summed E-state index contributed by atoms with van der Waals surface area (Å²) in [6, 6.07) is 0.905. The van der Waals surface area contributed by atoms with Crippen molar-refractivity contribution in [3.05, 3.63) is 12.2 Å². The van der Waals surface area contributed by atoms with Crippen molar-refractivity contribution < 1.29 is 4.74 Å². The molecule has 1 fully saturated rings. The van der Waals surface area contributed by atoms with Gasteiger partial charge in [0, 0.05) is 18.6 Å². The van der Waals surface area contributed by atoms with Crippen molar-refractivity contribution in [2.45, 2.75) is 37.7 Å². The zero-order valence-electron chi connectivity index (χ0n) is 12.6. The van der Waals surface area contributed by atoms with Crippen molar-refractivity contribution in [1.29, 1.82) is 0 Å². The van der Waals surface area contributed by atoms with E-state index >= 15 is 0 Å². The Morgan fingerprint density at radius 3 is 2.90 bits per heavy atom. The van der Waals surface area contributed by atoms with Crippen molar-refractivity contribution in [3.63, 3.8) is 0 Å². The van der Waals surface area contributed by atoms with Crippen LogP contribution in [0.3, 0.4) is 0 Å². The molecule has 0 spiro atoms. The van der Waals surface area contributed by atoms with Crippen LogP contribution in [0.2, 0.25) is 0 Å². The molecule has 7 heteroatoms. The number of aromatic nitrogens is 4. The summed E-state index contributed by atoms with van der Waals surface area (Å²) in [4.78, 5) is 15.5. The third-order valence-corrected chi connectivity index (χ3v) is 4.61. The molecule has 1 aliphatic rings. The lowest BCUT2D eigenvalue weighted by Gasteiger charge is -2.36. The van der Waals surface area contributed by atoms with Gasteiger partial charge in [-0.3, -0.25) is 0 Å². The van der Waals surface area contributed by atoms with Crippen LogP contribution in [0.5, 0.6) is 5.88 Å². The maximum Gasteiger partial charge on any atom is 0.245 e. The minimum atomic E-state index is 0.361. The molecule has 0 aromatic carbocycles. The number of nitrogens with zero attached hydrogens (tertiary/aromatic N) is 5. The number of imidazole rings is 1. The molecule has 0 saturated carbocycles. The van der Waals surface area contributed by atoms with Crippen LogP contribution in [0.25, 0.3) is 11.2 Å². The second kappa shape index (κ2) is 5.77. The third-order valence-electron chi connectivity index (χ3n) is 4.38. The number of likely N-dealkylation sites (tertiary alicyclic amines) is 1. The number of alkyl halides is 1. The van der Waals surface area contributed by atoms with Crippen LogP contribution < -0.4 is 4.74 Å². The normalized spacial score (nSPS) is 23.6. The maximum atomic E-state index is 6.10. The molecule has 1 saturated heterocycles. The lowest BCUT2D eigenvalue weighted by atomic mass is 9.98. The first-order valence-electron chi connectivity index (χ1n) is 7.17. The van der Waals surface area contributed by atoms with Gasteiger partial charge >= 0.3 is 0 Å². The summed E-state index contributed by atoms with van der Waals surface area (Å²) in [6.07, 6.45) is 3.66. The molecule has 3 rings (SSSR count). The van der Waals surface area contributed by atoms with Crippen LogP contribution in [0, 0.1) is 0 Å². The highest BCUT2D eigenvalue weighted by Gasteiger charge is 2.28. The van der Waals surface area contributed by atoms with Crippen LogP contribution in [0.15, 0.2) is 6.33 Å². The number of halogens is 1. The summed E-state index contributed by atoms with van der Waals surface area (Å²) >= 11 is 6.10. The summed E-state index contributed by atoms with van der Waals surface area (Å²) in [7, 11) is 3.76. The molecule has 0 amide bonds. The van der Waals surface area contributed by atoms with Gasteiger partial charge in [0.1, 0.15) is 12.2 Å². The quantitative estimate of drug-likeness (QED) is 0.814. The van der Waals surface area contributed by atoms with Crippen LogP contribution in [0.1, 0.15) is 31.6 Å². The van der Waals surface area contributed by atoms with E-state index in [-0.39, 0.29) is 0 Å². The smallest absolute Gasteiger partial charge is 0.245 e. The Labute approximate surface area is 129 Å². The van der Waals surface area contributed by atoms with Gasteiger partial charge in [-0.1, -0.05) is 0 Å². The highest BCUT2D eigenvalue weighted by molar-refractivity contribution is 6.16. The number of rotatable bonds is 3. The van der Waals surface area contributed by atoms with Gasteiger partial charge in [-0.25, -0.2) is 9.97 Å². The van der Waals surface area contributed by atoms with Crippen molar-refractivity contribution in [3.8, 4) is 5.88 Å². The van der Waals surface area contributed by atoms with Gasteiger partial charge in [0.05, 0.1) is 13.0 Å². The van der Waals surface area contributed by atoms with Crippen molar-refractivity contribution >= 4 is 22.8 Å². The minimum absolute atomic E-state index is 0.361. The molecule has 0 aliphatic carbocycles. The Balaban J connectivity index is 2.08. The predicted octanol–water partition coefficient (Wildman–Crippen LogP) is 2.23. The maximum absolute atomic E-state index is 6.10. The Morgan fingerprint density at radius 2 is 2.24 bits per heavy atom. The first-order valence-corrected chi connectivity index (χ1v) is 7.71. The fourth-order valence-corrected chi connectivity index (χ4v) is 3.25. The second-order valence-electron chi connectivity index (χ2n) is 5.59. The van der Waals surface area contributed by atoms with Crippen molar-refractivity contribution in [1.82, 2.24) is 24.4 Å².